The SMILES string of the molecule is O=C(CSc1nnc(-c2ccccc2Cl)o1)Nc1ccc(Cl)cc1Cl. The average Bonchev–Trinajstić information content (AvgIpc) is 3.05. The number of carbonyl (C=O) groups excluding carboxylic acids is 1. The summed E-state index contributed by atoms with van der Waals surface area (Å²) in [5, 5.41) is 12.2. The van der Waals surface area contributed by atoms with Crippen LogP contribution in [0.2, 0.25) is 15.1 Å². The Balaban J connectivity index is 1.60. The minimum atomic E-state index is -0.258. The molecule has 0 saturated carbocycles. The third-order valence-corrected chi connectivity index (χ3v) is 4.74. The number of thioether (sulfide) groups is 1. The van der Waals surface area contributed by atoms with E-state index in [-0.39, 0.29) is 16.9 Å². The summed E-state index contributed by atoms with van der Waals surface area (Å²) in [5.41, 5.74) is 1.12. The standard InChI is InChI=1S/C16H10Cl3N3O2S/c17-9-5-6-13(12(19)7-9)20-14(23)8-25-16-22-21-15(24-16)10-3-1-2-4-11(10)18/h1-7H,8H2,(H,20,23). The highest BCUT2D eigenvalue weighted by molar-refractivity contribution is 7.99. The lowest BCUT2D eigenvalue weighted by atomic mass is 10.2. The number of rotatable bonds is 5. The van der Waals surface area contributed by atoms with Crippen LogP contribution in [0, 0.1) is 0 Å². The molecule has 128 valence electrons. The largest absolute Gasteiger partial charge is 0.411 e. The summed E-state index contributed by atoms with van der Waals surface area (Å²) in [5.74, 6) is 0.129. The van der Waals surface area contributed by atoms with Crippen LogP contribution >= 0.6 is 46.6 Å². The second-order valence-corrected chi connectivity index (χ2v) is 6.99. The predicted octanol–water partition coefficient (Wildman–Crippen LogP) is 5.43. The molecule has 0 aliphatic rings. The maximum Gasteiger partial charge on any atom is 0.277 e. The van der Waals surface area contributed by atoms with Crippen molar-refractivity contribution in [3.8, 4) is 11.5 Å². The van der Waals surface area contributed by atoms with Crippen LogP contribution in [0.3, 0.4) is 0 Å². The van der Waals surface area contributed by atoms with Crippen molar-refractivity contribution in [1.82, 2.24) is 10.2 Å². The molecule has 0 fully saturated rings. The van der Waals surface area contributed by atoms with Crippen molar-refractivity contribution in [3.05, 3.63) is 57.5 Å². The lowest BCUT2D eigenvalue weighted by molar-refractivity contribution is -0.113. The summed E-state index contributed by atoms with van der Waals surface area (Å²) in [6, 6.07) is 12.0. The van der Waals surface area contributed by atoms with Crippen LogP contribution in [-0.4, -0.2) is 21.9 Å². The fraction of sp³-hybridized carbons (Fsp3) is 0.0625. The normalized spacial score (nSPS) is 10.7. The first-order valence-electron chi connectivity index (χ1n) is 6.99. The lowest BCUT2D eigenvalue weighted by Gasteiger charge is -2.06. The van der Waals surface area contributed by atoms with Gasteiger partial charge < -0.3 is 9.73 Å². The summed E-state index contributed by atoms with van der Waals surface area (Å²) in [7, 11) is 0. The Morgan fingerprint density at radius 3 is 2.64 bits per heavy atom. The minimum absolute atomic E-state index is 0.0864. The Bertz CT molecular complexity index is 917. The van der Waals surface area contributed by atoms with Gasteiger partial charge in [0.25, 0.3) is 5.22 Å². The summed E-state index contributed by atoms with van der Waals surface area (Å²) in [6.07, 6.45) is 0. The van der Waals surface area contributed by atoms with Crippen molar-refractivity contribution in [3.63, 3.8) is 0 Å². The number of benzene rings is 2. The number of hydrogen-bond donors (Lipinski definition) is 1. The molecule has 1 amide bonds. The van der Waals surface area contributed by atoms with Gasteiger partial charge in [0.05, 0.1) is 27.0 Å². The van der Waals surface area contributed by atoms with E-state index in [2.05, 4.69) is 15.5 Å². The van der Waals surface area contributed by atoms with E-state index in [1.807, 2.05) is 12.1 Å². The van der Waals surface area contributed by atoms with Gasteiger partial charge in [-0.15, -0.1) is 10.2 Å². The van der Waals surface area contributed by atoms with Gasteiger partial charge in [0.2, 0.25) is 11.8 Å². The third-order valence-electron chi connectivity index (χ3n) is 3.04. The molecule has 0 bridgehead atoms. The first-order chi connectivity index (χ1) is 12.0. The number of aromatic nitrogens is 2. The first kappa shape index (κ1) is 18.1. The van der Waals surface area contributed by atoms with E-state index in [1.54, 1.807) is 30.3 Å². The Kier molecular flexibility index (Phi) is 5.86. The molecule has 1 heterocycles. The van der Waals surface area contributed by atoms with Gasteiger partial charge in [-0.3, -0.25) is 4.79 Å². The molecule has 0 unspecified atom stereocenters. The van der Waals surface area contributed by atoms with Gasteiger partial charge in [0, 0.05) is 5.02 Å². The van der Waals surface area contributed by atoms with Crippen molar-refractivity contribution >= 4 is 58.2 Å². The van der Waals surface area contributed by atoms with Crippen LogP contribution in [0.25, 0.3) is 11.5 Å². The lowest BCUT2D eigenvalue weighted by Crippen LogP contribution is -2.14. The van der Waals surface area contributed by atoms with E-state index in [4.69, 9.17) is 39.2 Å². The van der Waals surface area contributed by atoms with Gasteiger partial charge >= 0.3 is 0 Å². The highest BCUT2D eigenvalue weighted by Crippen LogP contribution is 2.29. The van der Waals surface area contributed by atoms with Crippen molar-refractivity contribution in [2.45, 2.75) is 5.22 Å². The van der Waals surface area contributed by atoms with E-state index in [0.29, 0.717) is 32.2 Å². The topological polar surface area (TPSA) is 68.0 Å². The summed E-state index contributed by atoms with van der Waals surface area (Å²) >= 11 is 19.0. The number of amides is 1. The van der Waals surface area contributed by atoms with Crippen molar-refractivity contribution < 1.29 is 9.21 Å². The summed E-state index contributed by atoms with van der Waals surface area (Å²) in [6.45, 7) is 0. The molecular formula is C16H10Cl3N3O2S. The maximum atomic E-state index is 12.0. The van der Waals surface area contributed by atoms with Crippen molar-refractivity contribution in [2.24, 2.45) is 0 Å². The van der Waals surface area contributed by atoms with Crippen LogP contribution in [0.5, 0.6) is 0 Å². The van der Waals surface area contributed by atoms with Gasteiger partial charge in [-0.2, -0.15) is 0 Å². The van der Waals surface area contributed by atoms with Gasteiger partial charge in [-0.25, -0.2) is 0 Å². The first-order valence-corrected chi connectivity index (χ1v) is 9.11. The molecule has 1 N–H and O–H groups in total. The van der Waals surface area contributed by atoms with Crippen LogP contribution in [0.4, 0.5) is 5.69 Å². The molecule has 0 saturated heterocycles. The fourth-order valence-electron chi connectivity index (χ4n) is 1.92. The zero-order valence-electron chi connectivity index (χ0n) is 12.5. The van der Waals surface area contributed by atoms with Crippen LogP contribution in [0.15, 0.2) is 52.1 Å². The molecule has 0 aliphatic heterocycles. The second kappa shape index (κ2) is 8.10. The number of nitrogens with zero attached hydrogens (tertiary/aromatic N) is 2. The molecule has 5 nitrogen and oxygen atoms in total. The Morgan fingerprint density at radius 2 is 1.88 bits per heavy atom. The van der Waals surface area contributed by atoms with E-state index < -0.39 is 0 Å². The predicted molar refractivity (Wildman–Crippen MR) is 101 cm³/mol. The number of carbonyl (C=O) groups is 1. The highest BCUT2D eigenvalue weighted by Gasteiger charge is 2.14. The van der Waals surface area contributed by atoms with E-state index in [0.717, 1.165) is 11.8 Å². The van der Waals surface area contributed by atoms with Gasteiger partial charge in [-0.05, 0) is 30.3 Å². The molecule has 25 heavy (non-hydrogen) atoms. The summed E-state index contributed by atoms with van der Waals surface area (Å²) < 4.78 is 5.52. The van der Waals surface area contributed by atoms with Gasteiger partial charge in [0.15, 0.2) is 0 Å². The molecule has 0 aliphatic carbocycles. The minimum Gasteiger partial charge on any atom is -0.411 e. The highest BCUT2D eigenvalue weighted by atomic mass is 35.5. The number of anilines is 1. The Morgan fingerprint density at radius 1 is 1.08 bits per heavy atom. The molecule has 0 spiro atoms. The molecule has 1 aromatic heterocycles. The van der Waals surface area contributed by atoms with E-state index in [1.165, 1.54) is 0 Å². The van der Waals surface area contributed by atoms with Crippen molar-refractivity contribution in [1.29, 1.82) is 0 Å². The van der Waals surface area contributed by atoms with Gasteiger partial charge in [0.1, 0.15) is 0 Å². The van der Waals surface area contributed by atoms with E-state index in [9.17, 15) is 4.79 Å². The Labute approximate surface area is 162 Å². The average molecular weight is 415 g/mol. The number of halogens is 3. The smallest absolute Gasteiger partial charge is 0.277 e. The third kappa shape index (κ3) is 4.67. The molecule has 3 rings (SSSR count). The molecule has 2 aromatic carbocycles. The summed E-state index contributed by atoms with van der Waals surface area (Å²) in [4.78, 5) is 12.0. The molecule has 3 aromatic rings. The van der Waals surface area contributed by atoms with Gasteiger partial charge in [-0.1, -0.05) is 58.7 Å². The number of hydrogen-bond acceptors (Lipinski definition) is 5. The van der Waals surface area contributed by atoms with Crippen LogP contribution in [0.1, 0.15) is 0 Å². The molecule has 9 heteroatoms. The zero-order valence-corrected chi connectivity index (χ0v) is 15.6. The Hall–Kier alpha value is -1.73. The molecule has 0 radical (unpaired) electrons. The fourth-order valence-corrected chi connectivity index (χ4v) is 3.15. The maximum absolute atomic E-state index is 12.0. The van der Waals surface area contributed by atoms with Crippen LogP contribution < -0.4 is 5.32 Å². The quantitative estimate of drug-likeness (QED) is 0.564. The monoisotopic (exact) mass is 413 g/mol. The van der Waals surface area contributed by atoms with E-state index >= 15 is 0 Å². The number of nitrogens with one attached hydrogen (secondary N) is 1. The zero-order chi connectivity index (χ0) is 17.8. The van der Waals surface area contributed by atoms with Crippen molar-refractivity contribution in [2.75, 3.05) is 11.1 Å². The van der Waals surface area contributed by atoms with Crippen LogP contribution in [-0.2, 0) is 4.79 Å². The molecular weight excluding hydrogens is 405 g/mol. The second-order valence-electron chi connectivity index (χ2n) is 4.81. The molecule has 0 atom stereocenters.